The highest BCUT2D eigenvalue weighted by atomic mass is 32.2. The van der Waals surface area contributed by atoms with Crippen LogP contribution in [0.5, 0.6) is 0 Å². The molecule has 0 atom stereocenters. The molecule has 0 spiro atoms. The van der Waals surface area contributed by atoms with E-state index in [1.54, 1.807) is 30.5 Å². The molecule has 21 heavy (non-hydrogen) atoms. The van der Waals surface area contributed by atoms with Crippen molar-refractivity contribution in [3.05, 3.63) is 40.3 Å². The van der Waals surface area contributed by atoms with Crippen molar-refractivity contribution in [3.8, 4) is 0 Å². The van der Waals surface area contributed by atoms with Gasteiger partial charge in [-0.3, -0.25) is 0 Å². The number of thiazole rings is 1. The van der Waals surface area contributed by atoms with Gasteiger partial charge in [-0.15, -0.1) is 11.3 Å². The molecule has 0 aliphatic heterocycles. The van der Waals surface area contributed by atoms with Crippen LogP contribution in [0.4, 0.5) is 5.69 Å². The van der Waals surface area contributed by atoms with Crippen LogP contribution < -0.4 is 10.0 Å². The van der Waals surface area contributed by atoms with Gasteiger partial charge in [-0.2, -0.15) is 0 Å². The second kappa shape index (κ2) is 7.02. The number of sulfonamides is 1. The summed E-state index contributed by atoms with van der Waals surface area (Å²) < 4.78 is 27.0. The lowest BCUT2D eigenvalue weighted by molar-refractivity contribution is 0.581. The number of hydrogen-bond acceptors (Lipinski definition) is 5. The summed E-state index contributed by atoms with van der Waals surface area (Å²) in [6.07, 6.45) is 2.70. The maximum atomic E-state index is 12.2. The highest BCUT2D eigenvalue weighted by Crippen LogP contribution is 2.16. The molecule has 1 aromatic carbocycles. The molecule has 0 radical (unpaired) electrons. The average Bonchev–Trinajstić information content (AvgIpc) is 2.94. The molecule has 0 saturated heterocycles. The molecule has 2 aromatic rings. The molecule has 0 aliphatic rings. The molecular weight excluding hydrogens is 306 g/mol. The van der Waals surface area contributed by atoms with Gasteiger partial charge in [0.05, 0.1) is 11.4 Å². The van der Waals surface area contributed by atoms with E-state index in [0.717, 1.165) is 28.5 Å². The van der Waals surface area contributed by atoms with E-state index >= 15 is 0 Å². The van der Waals surface area contributed by atoms with E-state index in [-0.39, 0.29) is 11.4 Å². The Morgan fingerprint density at radius 2 is 1.90 bits per heavy atom. The number of hydrogen-bond donors (Lipinski definition) is 2. The van der Waals surface area contributed by atoms with E-state index in [2.05, 4.69) is 15.0 Å². The van der Waals surface area contributed by atoms with E-state index in [9.17, 15) is 8.42 Å². The Labute approximate surface area is 129 Å². The third kappa shape index (κ3) is 4.26. The lowest BCUT2D eigenvalue weighted by Crippen LogP contribution is -2.23. The minimum absolute atomic E-state index is 0.224. The Bertz CT molecular complexity index is 678. The summed E-state index contributed by atoms with van der Waals surface area (Å²) in [5.41, 5.74) is 0.906. The van der Waals surface area contributed by atoms with Gasteiger partial charge in [0.15, 0.2) is 0 Å². The Morgan fingerprint density at radius 3 is 2.48 bits per heavy atom. The van der Waals surface area contributed by atoms with Gasteiger partial charge in [0.1, 0.15) is 5.01 Å². The molecule has 2 N–H and O–H groups in total. The number of benzene rings is 1. The second-order valence-electron chi connectivity index (χ2n) is 4.45. The lowest BCUT2D eigenvalue weighted by atomic mass is 10.3. The van der Waals surface area contributed by atoms with Crippen molar-refractivity contribution in [2.75, 3.05) is 11.9 Å². The monoisotopic (exact) mass is 325 g/mol. The summed E-state index contributed by atoms with van der Waals surface area (Å²) in [5.74, 6) is 0. The van der Waals surface area contributed by atoms with Crippen LogP contribution in [0.2, 0.25) is 0 Å². The molecule has 0 unspecified atom stereocenters. The first-order valence-corrected chi connectivity index (χ1v) is 9.12. The van der Waals surface area contributed by atoms with Crippen molar-refractivity contribution in [3.63, 3.8) is 0 Å². The van der Waals surface area contributed by atoms with Gasteiger partial charge >= 0.3 is 0 Å². The van der Waals surface area contributed by atoms with Gasteiger partial charge in [-0.05, 0) is 37.6 Å². The lowest BCUT2D eigenvalue weighted by Gasteiger charge is -2.07. The molecule has 5 nitrogen and oxygen atoms in total. The van der Waals surface area contributed by atoms with Crippen molar-refractivity contribution in [1.29, 1.82) is 0 Å². The van der Waals surface area contributed by atoms with E-state index in [0.29, 0.717) is 0 Å². The fourth-order valence-corrected chi connectivity index (χ4v) is 3.67. The minimum atomic E-state index is -3.50. The summed E-state index contributed by atoms with van der Waals surface area (Å²) in [4.78, 5) is 5.62. The van der Waals surface area contributed by atoms with E-state index < -0.39 is 10.0 Å². The molecule has 7 heteroatoms. The first kappa shape index (κ1) is 15.9. The van der Waals surface area contributed by atoms with Crippen molar-refractivity contribution in [1.82, 2.24) is 9.71 Å². The Hall–Kier alpha value is -1.44. The van der Waals surface area contributed by atoms with E-state index in [1.165, 1.54) is 11.3 Å². The molecule has 114 valence electrons. The molecule has 2 rings (SSSR count). The quantitative estimate of drug-likeness (QED) is 0.821. The number of nitrogens with zero attached hydrogens (tertiary/aromatic N) is 1. The Kier molecular flexibility index (Phi) is 5.33. The molecule has 0 bridgehead atoms. The van der Waals surface area contributed by atoms with Gasteiger partial charge in [-0.25, -0.2) is 18.1 Å². The second-order valence-corrected chi connectivity index (χ2v) is 7.42. The minimum Gasteiger partial charge on any atom is -0.385 e. The summed E-state index contributed by atoms with van der Waals surface area (Å²) >= 11 is 1.53. The number of rotatable bonds is 7. The van der Waals surface area contributed by atoms with Crippen LogP contribution in [-0.4, -0.2) is 19.9 Å². The summed E-state index contributed by atoms with van der Waals surface area (Å²) in [5, 5.41) is 3.91. The van der Waals surface area contributed by atoms with Gasteiger partial charge in [0.25, 0.3) is 0 Å². The van der Waals surface area contributed by atoms with E-state index in [4.69, 9.17) is 0 Å². The summed E-state index contributed by atoms with van der Waals surface area (Å²) in [6.45, 7) is 5.06. The fraction of sp³-hybridized carbons (Fsp3) is 0.357. The fourth-order valence-electron chi connectivity index (χ4n) is 1.79. The molecule has 1 heterocycles. The summed E-state index contributed by atoms with van der Waals surface area (Å²) in [7, 11) is -3.50. The molecule has 1 aromatic heterocycles. The van der Waals surface area contributed by atoms with Gasteiger partial charge in [0.2, 0.25) is 10.0 Å². The Morgan fingerprint density at radius 1 is 1.19 bits per heavy atom. The van der Waals surface area contributed by atoms with Gasteiger partial charge in [-0.1, -0.05) is 6.92 Å². The van der Waals surface area contributed by atoms with Gasteiger partial charge in [0, 0.05) is 23.3 Å². The van der Waals surface area contributed by atoms with Crippen LogP contribution >= 0.6 is 11.3 Å². The van der Waals surface area contributed by atoms with Crippen LogP contribution in [0.15, 0.2) is 35.4 Å². The number of aromatic nitrogens is 1. The molecule has 0 saturated carbocycles. The zero-order valence-electron chi connectivity index (χ0n) is 12.1. The first-order chi connectivity index (χ1) is 10.0. The zero-order chi connectivity index (χ0) is 15.3. The van der Waals surface area contributed by atoms with E-state index in [1.807, 2.05) is 13.8 Å². The highest BCUT2D eigenvalue weighted by molar-refractivity contribution is 7.89. The maximum absolute atomic E-state index is 12.2. The van der Waals surface area contributed by atoms with Crippen LogP contribution in [0.25, 0.3) is 0 Å². The number of aryl methyl sites for hydroxylation is 1. The number of anilines is 1. The number of nitrogens with one attached hydrogen (secondary N) is 2. The van der Waals surface area contributed by atoms with Crippen LogP contribution in [-0.2, 0) is 23.0 Å². The molecular formula is C14H19N3O2S2. The average molecular weight is 325 g/mol. The van der Waals surface area contributed by atoms with Crippen molar-refractivity contribution >= 4 is 27.0 Å². The molecule has 0 fully saturated rings. The Balaban J connectivity index is 2.03. The van der Waals surface area contributed by atoms with Crippen molar-refractivity contribution < 1.29 is 8.42 Å². The zero-order valence-corrected chi connectivity index (χ0v) is 13.7. The standard InChI is InChI=1S/C14H19N3O2S2/c1-3-12-9-16-14(20-12)10-17-21(18,19)13-7-5-11(6-8-13)15-4-2/h5-9,15,17H,3-4,10H2,1-2H3. The first-order valence-electron chi connectivity index (χ1n) is 6.82. The van der Waals surface area contributed by atoms with Crippen LogP contribution in [0.3, 0.4) is 0 Å². The third-order valence-electron chi connectivity index (χ3n) is 2.91. The largest absolute Gasteiger partial charge is 0.385 e. The topological polar surface area (TPSA) is 71.1 Å². The smallest absolute Gasteiger partial charge is 0.240 e. The normalized spacial score (nSPS) is 11.5. The van der Waals surface area contributed by atoms with Crippen LogP contribution in [0, 0.1) is 0 Å². The predicted octanol–water partition coefficient (Wildman–Crippen LogP) is 2.62. The summed E-state index contributed by atoms with van der Waals surface area (Å²) in [6, 6.07) is 6.71. The predicted molar refractivity (Wildman–Crippen MR) is 86.1 cm³/mol. The molecule has 0 aliphatic carbocycles. The molecule has 0 amide bonds. The van der Waals surface area contributed by atoms with Gasteiger partial charge < -0.3 is 5.32 Å². The van der Waals surface area contributed by atoms with Crippen molar-refractivity contribution in [2.24, 2.45) is 0 Å². The highest BCUT2D eigenvalue weighted by Gasteiger charge is 2.14. The SMILES string of the molecule is CCNc1ccc(S(=O)(=O)NCc2ncc(CC)s2)cc1. The van der Waals surface area contributed by atoms with Crippen molar-refractivity contribution in [2.45, 2.75) is 31.7 Å². The maximum Gasteiger partial charge on any atom is 0.240 e. The third-order valence-corrected chi connectivity index (χ3v) is 5.47. The van der Waals surface area contributed by atoms with Crippen LogP contribution in [0.1, 0.15) is 23.7 Å².